The summed E-state index contributed by atoms with van der Waals surface area (Å²) in [6, 6.07) is 1.26. The van der Waals surface area contributed by atoms with Crippen LogP contribution in [0.3, 0.4) is 0 Å². The maximum Gasteiger partial charge on any atom is 0.574 e. The van der Waals surface area contributed by atoms with Gasteiger partial charge >= 0.3 is 12.3 Å². The van der Waals surface area contributed by atoms with Gasteiger partial charge in [0.15, 0.2) is 0 Å². The molecule has 0 saturated carbocycles. The number of aliphatic carboxylic acids is 1. The van der Waals surface area contributed by atoms with E-state index < -0.39 is 18.2 Å². The van der Waals surface area contributed by atoms with Gasteiger partial charge in [0.1, 0.15) is 0 Å². The fourth-order valence-electron chi connectivity index (χ4n) is 1.36. The van der Waals surface area contributed by atoms with E-state index in [9.17, 15) is 18.0 Å². The molecule has 8 heteroatoms. The second-order valence-electron chi connectivity index (χ2n) is 3.52. The summed E-state index contributed by atoms with van der Waals surface area (Å²) in [6.07, 6.45) is -5.20. The van der Waals surface area contributed by atoms with Crippen molar-refractivity contribution in [2.75, 3.05) is 0 Å². The Kier molecular flexibility index (Phi) is 4.12. The van der Waals surface area contributed by atoms with Gasteiger partial charge in [0.05, 0.1) is 6.42 Å². The quantitative estimate of drug-likeness (QED) is 0.857. The maximum absolute atomic E-state index is 12.1. The van der Waals surface area contributed by atoms with Crippen LogP contribution in [0.5, 0.6) is 5.88 Å². The summed E-state index contributed by atoms with van der Waals surface area (Å²) >= 11 is 0. The minimum Gasteiger partial charge on any atom is -0.481 e. The largest absolute Gasteiger partial charge is 0.574 e. The number of nitrogens with two attached hydrogens (primary N) is 1. The monoisotopic (exact) mass is 264 g/mol. The summed E-state index contributed by atoms with van der Waals surface area (Å²) < 4.78 is 40.0. The highest BCUT2D eigenvalue weighted by Gasteiger charge is 2.33. The third-order valence-corrected chi connectivity index (χ3v) is 2.13. The molecule has 0 unspecified atom stereocenters. The number of aromatic nitrogens is 1. The molecule has 1 aromatic rings. The molecule has 100 valence electrons. The van der Waals surface area contributed by atoms with E-state index in [4.69, 9.17) is 10.8 Å². The molecule has 0 atom stereocenters. The SMILES string of the molecule is Cc1nc(OC(F)(F)F)c(CN)cc1CC(=O)O. The summed E-state index contributed by atoms with van der Waals surface area (Å²) in [6.45, 7) is 1.17. The first-order valence-corrected chi connectivity index (χ1v) is 4.90. The van der Waals surface area contributed by atoms with E-state index in [0.29, 0.717) is 5.56 Å². The highest BCUT2D eigenvalue weighted by atomic mass is 19.4. The molecule has 0 amide bonds. The number of carboxylic acid groups (broad SMARTS) is 1. The van der Waals surface area contributed by atoms with E-state index in [1.165, 1.54) is 13.0 Å². The van der Waals surface area contributed by atoms with Crippen LogP contribution in [-0.4, -0.2) is 22.4 Å². The van der Waals surface area contributed by atoms with Gasteiger partial charge in [0.25, 0.3) is 0 Å². The number of carboxylic acids is 1. The smallest absolute Gasteiger partial charge is 0.481 e. The molecule has 1 heterocycles. The number of aryl methyl sites for hydroxylation is 1. The van der Waals surface area contributed by atoms with Gasteiger partial charge in [0, 0.05) is 17.8 Å². The number of hydrogen-bond donors (Lipinski definition) is 2. The first-order chi connectivity index (χ1) is 8.23. The first kappa shape index (κ1) is 14.2. The number of ether oxygens (including phenoxy) is 1. The zero-order chi connectivity index (χ0) is 13.9. The van der Waals surface area contributed by atoms with E-state index >= 15 is 0 Å². The Morgan fingerprint density at radius 2 is 2.11 bits per heavy atom. The predicted octanol–water partition coefficient (Wildman–Crippen LogP) is 1.37. The highest BCUT2D eigenvalue weighted by molar-refractivity contribution is 5.70. The van der Waals surface area contributed by atoms with Crippen LogP contribution in [0.25, 0.3) is 0 Å². The normalized spacial score (nSPS) is 11.4. The Morgan fingerprint density at radius 3 is 2.56 bits per heavy atom. The van der Waals surface area contributed by atoms with Crippen molar-refractivity contribution in [2.24, 2.45) is 5.73 Å². The molecule has 0 spiro atoms. The molecule has 0 aliphatic rings. The van der Waals surface area contributed by atoms with Crippen LogP contribution in [0.2, 0.25) is 0 Å². The lowest BCUT2D eigenvalue weighted by molar-refractivity contribution is -0.276. The predicted molar refractivity (Wildman–Crippen MR) is 54.9 cm³/mol. The molecule has 0 fully saturated rings. The Bertz CT molecular complexity index is 460. The van der Waals surface area contributed by atoms with Crippen molar-refractivity contribution in [2.45, 2.75) is 26.3 Å². The van der Waals surface area contributed by atoms with Crippen LogP contribution >= 0.6 is 0 Å². The summed E-state index contributed by atoms with van der Waals surface area (Å²) in [4.78, 5) is 14.2. The van der Waals surface area contributed by atoms with Gasteiger partial charge in [-0.2, -0.15) is 0 Å². The number of nitrogens with zero attached hydrogens (tertiary/aromatic N) is 1. The van der Waals surface area contributed by atoms with Crippen molar-refractivity contribution >= 4 is 5.97 Å². The van der Waals surface area contributed by atoms with Crippen LogP contribution in [0, 0.1) is 6.92 Å². The van der Waals surface area contributed by atoms with E-state index in [-0.39, 0.29) is 24.2 Å². The molecular weight excluding hydrogens is 253 g/mol. The van der Waals surface area contributed by atoms with Crippen LogP contribution in [0.4, 0.5) is 13.2 Å². The summed E-state index contributed by atoms with van der Waals surface area (Å²) in [5.74, 6) is -1.75. The molecule has 18 heavy (non-hydrogen) atoms. The minimum atomic E-state index is -4.86. The number of halogens is 3. The van der Waals surface area contributed by atoms with Crippen molar-refractivity contribution in [3.05, 3.63) is 22.9 Å². The van der Waals surface area contributed by atoms with E-state index in [1.807, 2.05) is 0 Å². The van der Waals surface area contributed by atoms with E-state index in [2.05, 4.69) is 9.72 Å². The zero-order valence-corrected chi connectivity index (χ0v) is 9.41. The first-order valence-electron chi connectivity index (χ1n) is 4.90. The van der Waals surface area contributed by atoms with Gasteiger partial charge in [-0.25, -0.2) is 4.98 Å². The number of carbonyl (C=O) groups is 1. The summed E-state index contributed by atoms with van der Waals surface area (Å²) in [5, 5.41) is 8.64. The molecule has 1 aromatic heterocycles. The van der Waals surface area contributed by atoms with Crippen LogP contribution in [0.15, 0.2) is 6.07 Å². The van der Waals surface area contributed by atoms with Gasteiger partial charge < -0.3 is 15.6 Å². The molecule has 5 nitrogen and oxygen atoms in total. The third-order valence-electron chi connectivity index (χ3n) is 2.13. The van der Waals surface area contributed by atoms with Crippen LogP contribution in [-0.2, 0) is 17.8 Å². The highest BCUT2D eigenvalue weighted by Crippen LogP contribution is 2.26. The number of pyridine rings is 1. The molecule has 3 N–H and O–H groups in total. The molecule has 1 rings (SSSR count). The van der Waals surface area contributed by atoms with Crippen molar-refractivity contribution < 1.29 is 27.8 Å². The van der Waals surface area contributed by atoms with Crippen molar-refractivity contribution in [1.29, 1.82) is 0 Å². The average molecular weight is 264 g/mol. The van der Waals surface area contributed by atoms with Crippen LogP contribution in [0.1, 0.15) is 16.8 Å². The lowest BCUT2D eigenvalue weighted by Gasteiger charge is -2.13. The lowest BCUT2D eigenvalue weighted by Crippen LogP contribution is -2.20. The third kappa shape index (κ3) is 3.88. The standard InChI is InChI=1S/C10H11F3N2O3/c1-5-6(3-8(16)17)2-7(4-14)9(15-5)18-10(11,12)13/h2H,3-4,14H2,1H3,(H,16,17). The van der Waals surface area contributed by atoms with Crippen LogP contribution < -0.4 is 10.5 Å². The average Bonchev–Trinajstić information content (AvgIpc) is 2.19. The van der Waals surface area contributed by atoms with Crippen molar-refractivity contribution in [3.63, 3.8) is 0 Å². The van der Waals surface area contributed by atoms with E-state index in [1.54, 1.807) is 0 Å². The second kappa shape index (κ2) is 5.21. The molecule has 0 aliphatic carbocycles. The van der Waals surface area contributed by atoms with Gasteiger partial charge in [-0.05, 0) is 18.6 Å². The topological polar surface area (TPSA) is 85.4 Å². The minimum absolute atomic E-state index is 0.00850. The lowest BCUT2D eigenvalue weighted by atomic mass is 10.1. The molecule has 0 saturated heterocycles. The maximum atomic E-state index is 12.1. The number of rotatable bonds is 4. The Morgan fingerprint density at radius 1 is 1.50 bits per heavy atom. The summed E-state index contributed by atoms with van der Waals surface area (Å²) in [7, 11) is 0. The molecule has 0 aliphatic heterocycles. The van der Waals surface area contributed by atoms with Crippen molar-refractivity contribution in [3.8, 4) is 5.88 Å². The zero-order valence-electron chi connectivity index (χ0n) is 9.41. The van der Waals surface area contributed by atoms with Gasteiger partial charge in [-0.3, -0.25) is 4.79 Å². The fourth-order valence-corrected chi connectivity index (χ4v) is 1.36. The molecule has 0 bridgehead atoms. The van der Waals surface area contributed by atoms with Gasteiger partial charge in [-0.1, -0.05) is 0 Å². The fraction of sp³-hybridized carbons (Fsp3) is 0.400. The Labute approximate surface area is 100 Å². The van der Waals surface area contributed by atoms with Gasteiger partial charge in [-0.15, -0.1) is 13.2 Å². The Hall–Kier alpha value is -1.83. The van der Waals surface area contributed by atoms with Crippen molar-refractivity contribution in [1.82, 2.24) is 4.98 Å². The molecule has 0 aromatic carbocycles. The molecular formula is C10H11F3N2O3. The second-order valence-corrected chi connectivity index (χ2v) is 3.52. The Balaban J connectivity index is 3.14. The summed E-state index contributed by atoms with van der Waals surface area (Å²) in [5.41, 5.74) is 5.76. The van der Waals surface area contributed by atoms with Gasteiger partial charge in [0.2, 0.25) is 5.88 Å². The number of hydrogen-bond acceptors (Lipinski definition) is 4. The molecule has 0 radical (unpaired) electrons. The number of alkyl halides is 3. The van der Waals surface area contributed by atoms with E-state index in [0.717, 1.165) is 0 Å².